The molecule has 0 saturated carbocycles. The summed E-state index contributed by atoms with van der Waals surface area (Å²) in [7, 11) is 0. The van der Waals surface area contributed by atoms with E-state index in [1.165, 1.54) is 18.3 Å². The number of aliphatic hydroxyl groups is 1. The first-order valence-corrected chi connectivity index (χ1v) is 14.6. The fraction of sp³-hybridized carbons (Fsp3) is 0.387. The van der Waals surface area contributed by atoms with Gasteiger partial charge in [0.15, 0.2) is 0 Å². The summed E-state index contributed by atoms with van der Waals surface area (Å²) in [6.07, 6.45) is 7.11. The molecule has 5 heterocycles. The maximum atomic E-state index is 14.7. The molecule has 0 spiro atoms. The molecule has 2 aromatic rings. The molecule has 2 atom stereocenters. The van der Waals surface area contributed by atoms with E-state index < -0.39 is 35.8 Å². The minimum atomic E-state index is -4.69. The first-order chi connectivity index (χ1) is 21.2. The van der Waals surface area contributed by atoms with Crippen LogP contribution in [0.3, 0.4) is 0 Å². The van der Waals surface area contributed by atoms with E-state index in [1.54, 1.807) is 24.3 Å². The number of alkyl halides is 3. The Morgan fingerprint density at radius 1 is 1.07 bits per heavy atom. The Labute approximate surface area is 250 Å². The van der Waals surface area contributed by atoms with Crippen LogP contribution in [0.1, 0.15) is 60.4 Å². The smallest absolute Gasteiger partial charge is 0.384 e. The van der Waals surface area contributed by atoms with E-state index in [2.05, 4.69) is 15.3 Å². The number of rotatable bonds is 3. The van der Waals surface area contributed by atoms with Gasteiger partial charge >= 0.3 is 11.9 Å². The lowest BCUT2D eigenvalue weighted by Gasteiger charge is -2.27. The second-order valence-corrected chi connectivity index (χ2v) is 11.2. The first-order valence-electron chi connectivity index (χ1n) is 14.6. The summed E-state index contributed by atoms with van der Waals surface area (Å²) >= 11 is 0. The van der Waals surface area contributed by atoms with Crippen molar-refractivity contribution in [2.75, 3.05) is 19.6 Å². The lowest BCUT2D eigenvalue weighted by atomic mass is 9.86. The standard InChI is InChI=1S/C31H32F3N7O3/c32-31(33,34)23-14-20(7-8-21(23)18-4-1-2-12-36-13-3-5-18)41-28-22(29(43)40(17-42)30(41)44)16-37-25-10-9-24(39-27(25)28)19-6-11-26(35)38-15-19/h6-11,14,16,18,25,36,42H,1-5,12-13,15,17H2,(H2,35,38). The van der Waals surface area contributed by atoms with Crippen LogP contribution in [0.25, 0.3) is 5.69 Å². The van der Waals surface area contributed by atoms with Gasteiger partial charge in [-0.15, -0.1) is 0 Å². The predicted octanol–water partition coefficient (Wildman–Crippen LogP) is 2.95. The van der Waals surface area contributed by atoms with Crippen molar-refractivity contribution >= 4 is 17.8 Å². The molecular weight excluding hydrogens is 575 g/mol. The van der Waals surface area contributed by atoms with Crippen LogP contribution in [0.5, 0.6) is 0 Å². The van der Waals surface area contributed by atoms with Gasteiger partial charge in [0, 0.05) is 6.21 Å². The molecule has 44 heavy (non-hydrogen) atoms. The predicted molar refractivity (Wildman–Crippen MR) is 162 cm³/mol. The van der Waals surface area contributed by atoms with Gasteiger partial charge in [-0.2, -0.15) is 13.2 Å². The molecule has 0 bridgehead atoms. The lowest BCUT2D eigenvalue weighted by Crippen LogP contribution is -2.47. The number of aliphatic hydroxyl groups excluding tert-OH is 1. The molecule has 0 radical (unpaired) electrons. The summed E-state index contributed by atoms with van der Waals surface area (Å²) in [6.45, 7) is 0.874. The van der Waals surface area contributed by atoms with Gasteiger partial charge in [-0.05, 0) is 80.1 Å². The minimum absolute atomic E-state index is 0.0318. The molecule has 1 saturated heterocycles. The van der Waals surface area contributed by atoms with E-state index >= 15 is 0 Å². The first kappa shape index (κ1) is 29.7. The van der Waals surface area contributed by atoms with Crippen molar-refractivity contribution in [3.63, 3.8) is 0 Å². The zero-order valence-corrected chi connectivity index (χ0v) is 23.8. The fourth-order valence-corrected chi connectivity index (χ4v) is 6.17. The maximum Gasteiger partial charge on any atom is 0.416 e. The van der Waals surface area contributed by atoms with Gasteiger partial charge in [0.2, 0.25) is 0 Å². The molecule has 4 aliphatic rings. The van der Waals surface area contributed by atoms with Crippen LogP contribution >= 0.6 is 0 Å². The fourth-order valence-electron chi connectivity index (χ4n) is 6.17. The van der Waals surface area contributed by atoms with Crippen LogP contribution < -0.4 is 22.3 Å². The van der Waals surface area contributed by atoms with Gasteiger partial charge in [-0.1, -0.05) is 24.6 Å². The number of aliphatic imine (C=N–C) groups is 3. The number of hydrogen-bond donors (Lipinski definition) is 3. The number of aromatic nitrogens is 2. The van der Waals surface area contributed by atoms with E-state index in [9.17, 15) is 27.9 Å². The molecule has 6 rings (SSSR count). The molecule has 4 aliphatic heterocycles. The molecule has 0 amide bonds. The van der Waals surface area contributed by atoms with Crippen LogP contribution in [0.2, 0.25) is 0 Å². The summed E-state index contributed by atoms with van der Waals surface area (Å²) in [5, 5.41) is 13.3. The van der Waals surface area contributed by atoms with E-state index in [-0.39, 0.29) is 40.7 Å². The molecule has 13 heteroatoms. The van der Waals surface area contributed by atoms with Gasteiger partial charge in [0.05, 0.1) is 40.5 Å². The molecule has 4 N–H and O–H groups in total. The Balaban J connectivity index is 1.56. The zero-order chi connectivity index (χ0) is 31.0. The largest absolute Gasteiger partial charge is 0.416 e. The Morgan fingerprint density at radius 2 is 1.86 bits per heavy atom. The van der Waals surface area contributed by atoms with Crippen molar-refractivity contribution in [1.29, 1.82) is 0 Å². The highest BCUT2D eigenvalue weighted by atomic mass is 19.4. The van der Waals surface area contributed by atoms with Crippen LogP contribution in [-0.2, 0) is 12.9 Å². The second-order valence-electron chi connectivity index (χ2n) is 11.2. The average Bonchev–Trinajstić information content (AvgIpc) is 3.15. The Morgan fingerprint density at radius 3 is 2.61 bits per heavy atom. The van der Waals surface area contributed by atoms with Crippen molar-refractivity contribution in [2.45, 2.75) is 57.0 Å². The summed E-state index contributed by atoms with van der Waals surface area (Å²) in [5.41, 5.74) is 4.64. The summed E-state index contributed by atoms with van der Waals surface area (Å²) < 4.78 is 45.6. The minimum Gasteiger partial charge on any atom is -0.384 e. The van der Waals surface area contributed by atoms with Gasteiger partial charge in [-0.3, -0.25) is 19.3 Å². The SMILES string of the molecule is NC1=NCC(=C2C=CC3N=Cc4c(n(-c5ccc(C6CCCCNCCC6)c(C(F)(F)F)c5)c(=O)n(CO)c4=O)C3=N2)C=C1. The number of nitrogens with two attached hydrogens (primary N) is 1. The molecule has 0 aliphatic carbocycles. The number of nitrogens with one attached hydrogen (secondary N) is 1. The summed E-state index contributed by atoms with van der Waals surface area (Å²) in [6, 6.07) is 3.21. The third kappa shape index (κ3) is 5.52. The van der Waals surface area contributed by atoms with Gasteiger partial charge < -0.3 is 16.2 Å². The van der Waals surface area contributed by atoms with Crippen LogP contribution in [0.4, 0.5) is 13.2 Å². The van der Waals surface area contributed by atoms with Crippen molar-refractivity contribution in [3.05, 3.63) is 97.0 Å². The number of fused-ring (bicyclic) bond motifs is 3. The number of benzene rings is 1. The Bertz CT molecular complexity index is 1780. The second kappa shape index (κ2) is 12.0. The number of dihydropyridines is 2. The number of halogens is 3. The molecule has 1 aromatic carbocycles. The van der Waals surface area contributed by atoms with E-state index in [0.29, 0.717) is 28.9 Å². The van der Waals surface area contributed by atoms with Crippen molar-refractivity contribution < 1.29 is 18.3 Å². The molecule has 2 unspecified atom stereocenters. The normalized spacial score (nSPS) is 23.6. The third-order valence-corrected chi connectivity index (χ3v) is 8.40. The topological polar surface area (TPSA) is 139 Å². The molecular formula is C31H32F3N7O3. The molecule has 230 valence electrons. The number of nitrogens with zero attached hydrogens (tertiary/aromatic N) is 5. The highest BCUT2D eigenvalue weighted by molar-refractivity contribution is 6.14. The maximum absolute atomic E-state index is 14.7. The molecule has 1 aromatic heterocycles. The van der Waals surface area contributed by atoms with E-state index in [1.807, 2.05) is 0 Å². The highest BCUT2D eigenvalue weighted by Crippen LogP contribution is 2.40. The monoisotopic (exact) mass is 607 g/mol. The summed E-state index contributed by atoms with van der Waals surface area (Å²) in [4.78, 5) is 40.4. The van der Waals surface area contributed by atoms with Crippen molar-refractivity contribution in [3.8, 4) is 5.69 Å². The van der Waals surface area contributed by atoms with Gasteiger partial charge in [-0.25, -0.2) is 14.4 Å². The average molecular weight is 608 g/mol. The van der Waals surface area contributed by atoms with Crippen LogP contribution in [0, 0.1) is 0 Å². The molecule has 10 nitrogen and oxygen atoms in total. The van der Waals surface area contributed by atoms with Gasteiger partial charge in [0.1, 0.15) is 18.6 Å². The number of allylic oxidation sites excluding steroid dienone is 1. The van der Waals surface area contributed by atoms with E-state index in [4.69, 9.17) is 10.7 Å². The third-order valence-electron chi connectivity index (χ3n) is 8.40. The van der Waals surface area contributed by atoms with Crippen LogP contribution in [-0.4, -0.2) is 57.7 Å². The number of hydrogen-bond acceptors (Lipinski definition) is 8. The van der Waals surface area contributed by atoms with Crippen molar-refractivity contribution in [1.82, 2.24) is 14.5 Å². The van der Waals surface area contributed by atoms with Gasteiger partial charge in [0.25, 0.3) is 5.56 Å². The molecule has 1 fully saturated rings. The lowest BCUT2D eigenvalue weighted by molar-refractivity contribution is -0.138. The van der Waals surface area contributed by atoms with Crippen molar-refractivity contribution in [2.24, 2.45) is 20.7 Å². The Kier molecular flexibility index (Phi) is 8.08. The summed E-state index contributed by atoms with van der Waals surface area (Å²) in [5.74, 6) is 0.0672. The van der Waals surface area contributed by atoms with Crippen LogP contribution in [0.15, 0.2) is 78.3 Å². The Hall–Kier alpha value is -4.36. The quantitative estimate of drug-likeness (QED) is 0.493. The zero-order valence-electron chi connectivity index (χ0n) is 23.8. The van der Waals surface area contributed by atoms with E-state index in [0.717, 1.165) is 48.6 Å². The highest BCUT2D eigenvalue weighted by Gasteiger charge is 2.37. The number of amidine groups is 1.